The molecule has 2 unspecified atom stereocenters. The lowest BCUT2D eigenvalue weighted by molar-refractivity contribution is -0.0282. The Balaban J connectivity index is 1.54. The zero-order valence-electron chi connectivity index (χ0n) is 12.1. The smallest absolute Gasteiger partial charge is 0.193 e. The quantitative estimate of drug-likeness (QED) is 0.589. The van der Waals surface area contributed by atoms with Crippen molar-refractivity contribution in [1.82, 2.24) is 10.2 Å². The van der Waals surface area contributed by atoms with Gasteiger partial charge < -0.3 is 15.3 Å². The number of nitrogens with one attached hydrogen (secondary N) is 1. The fourth-order valence-corrected chi connectivity index (χ4v) is 3.92. The van der Waals surface area contributed by atoms with Crippen LogP contribution in [0.3, 0.4) is 0 Å². The number of rotatable bonds is 2. The first-order valence-electron chi connectivity index (χ1n) is 7.88. The van der Waals surface area contributed by atoms with Crippen LogP contribution in [0.25, 0.3) is 0 Å². The van der Waals surface area contributed by atoms with Gasteiger partial charge in [0, 0.05) is 26.7 Å². The summed E-state index contributed by atoms with van der Waals surface area (Å²) in [6.07, 6.45) is 8.61. The summed E-state index contributed by atoms with van der Waals surface area (Å²) in [5.74, 6) is 2.74. The molecule has 3 fully saturated rings. The summed E-state index contributed by atoms with van der Waals surface area (Å²) in [5, 5.41) is 13.6. The minimum atomic E-state index is -0.470. The van der Waals surface area contributed by atoms with Crippen LogP contribution in [0, 0.1) is 11.8 Å². The topological polar surface area (TPSA) is 47.9 Å². The fourth-order valence-electron chi connectivity index (χ4n) is 3.92. The molecular weight excluding hydrogens is 238 g/mol. The van der Waals surface area contributed by atoms with Crippen molar-refractivity contribution >= 4 is 5.96 Å². The number of nitrogens with zero attached hydrogens (tertiary/aromatic N) is 2. The maximum Gasteiger partial charge on any atom is 0.193 e. The highest BCUT2D eigenvalue weighted by molar-refractivity contribution is 5.80. The van der Waals surface area contributed by atoms with Crippen LogP contribution >= 0.6 is 0 Å². The molecule has 3 aliphatic rings. The molecule has 1 heterocycles. The highest BCUT2D eigenvalue weighted by atomic mass is 16.3. The van der Waals surface area contributed by atoms with E-state index in [0.29, 0.717) is 6.54 Å². The van der Waals surface area contributed by atoms with Crippen molar-refractivity contribution in [3.05, 3.63) is 0 Å². The van der Waals surface area contributed by atoms with E-state index in [1.165, 1.54) is 25.7 Å². The Hall–Kier alpha value is -0.770. The molecule has 1 aliphatic heterocycles. The molecule has 0 spiro atoms. The summed E-state index contributed by atoms with van der Waals surface area (Å²) in [6.45, 7) is 2.97. The zero-order chi connectivity index (χ0) is 13.3. The van der Waals surface area contributed by atoms with E-state index < -0.39 is 5.60 Å². The molecule has 19 heavy (non-hydrogen) atoms. The number of hydrogen-bond acceptors (Lipinski definition) is 2. The van der Waals surface area contributed by atoms with Gasteiger partial charge in [0.25, 0.3) is 0 Å². The number of likely N-dealkylation sites (tertiary alicyclic amines) is 1. The van der Waals surface area contributed by atoms with Gasteiger partial charge in [0.15, 0.2) is 5.96 Å². The highest BCUT2D eigenvalue weighted by Crippen LogP contribution is 2.36. The van der Waals surface area contributed by atoms with E-state index in [4.69, 9.17) is 0 Å². The van der Waals surface area contributed by atoms with E-state index in [1.54, 1.807) is 0 Å². The summed E-state index contributed by atoms with van der Waals surface area (Å²) in [5.41, 5.74) is -0.470. The van der Waals surface area contributed by atoms with E-state index in [2.05, 4.69) is 15.2 Å². The van der Waals surface area contributed by atoms with Crippen LogP contribution in [0.15, 0.2) is 4.99 Å². The summed E-state index contributed by atoms with van der Waals surface area (Å²) < 4.78 is 0. The van der Waals surface area contributed by atoms with Gasteiger partial charge in [0.1, 0.15) is 0 Å². The average Bonchev–Trinajstić information content (AvgIpc) is 2.81. The van der Waals surface area contributed by atoms with Crippen LogP contribution in [0.1, 0.15) is 44.9 Å². The number of aliphatic hydroxyl groups is 1. The van der Waals surface area contributed by atoms with Gasteiger partial charge in [-0.2, -0.15) is 0 Å². The molecule has 2 aliphatic carbocycles. The van der Waals surface area contributed by atoms with Gasteiger partial charge in [-0.1, -0.05) is 12.8 Å². The number of hydrogen-bond donors (Lipinski definition) is 2. The molecule has 108 valence electrons. The van der Waals surface area contributed by atoms with Crippen molar-refractivity contribution in [2.75, 3.05) is 26.7 Å². The van der Waals surface area contributed by atoms with Gasteiger partial charge in [0.05, 0.1) is 5.60 Å². The minimum absolute atomic E-state index is 0.470. The Morgan fingerprint density at radius 3 is 2.32 bits per heavy atom. The van der Waals surface area contributed by atoms with Crippen molar-refractivity contribution in [3.8, 4) is 0 Å². The standard InChI is InChI=1S/C15H27N3O/c1-16-14(17-11-15(19)7-4-8-15)18-9-12-5-2-3-6-13(12)10-18/h12-13,19H,2-11H2,1H3,(H,16,17). The lowest BCUT2D eigenvalue weighted by atomic mass is 9.80. The summed E-state index contributed by atoms with van der Waals surface area (Å²) in [7, 11) is 1.86. The molecule has 4 nitrogen and oxygen atoms in total. The molecule has 0 radical (unpaired) electrons. The Bertz CT molecular complexity index is 337. The van der Waals surface area contributed by atoms with E-state index in [0.717, 1.165) is 50.1 Å². The van der Waals surface area contributed by atoms with Crippen LogP contribution in [0.5, 0.6) is 0 Å². The van der Waals surface area contributed by atoms with Crippen molar-refractivity contribution < 1.29 is 5.11 Å². The second kappa shape index (κ2) is 5.31. The Morgan fingerprint density at radius 1 is 1.21 bits per heavy atom. The molecule has 0 aromatic carbocycles. The predicted octanol–water partition coefficient (Wildman–Crippen LogP) is 1.60. The second-order valence-corrected chi connectivity index (χ2v) is 6.69. The average molecular weight is 265 g/mol. The molecule has 2 saturated carbocycles. The number of fused-ring (bicyclic) bond motifs is 1. The lowest BCUT2D eigenvalue weighted by Gasteiger charge is -2.37. The van der Waals surface area contributed by atoms with Crippen LogP contribution in [0.2, 0.25) is 0 Å². The van der Waals surface area contributed by atoms with Gasteiger partial charge in [0.2, 0.25) is 0 Å². The molecule has 0 aromatic heterocycles. The zero-order valence-corrected chi connectivity index (χ0v) is 12.1. The number of guanidine groups is 1. The van der Waals surface area contributed by atoms with Gasteiger partial charge in [-0.05, 0) is 43.9 Å². The normalized spacial score (nSPS) is 33.8. The second-order valence-electron chi connectivity index (χ2n) is 6.69. The van der Waals surface area contributed by atoms with Gasteiger partial charge in [-0.25, -0.2) is 0 Å². The molecule has 2 atom stereocenters. The van der Waals surface area contributed by atoms with Crippen molar-refractivity contribution in [2.45, 2.75) is 50.5 Å². The first kappa shape index (κ1) is 13.2. The number of aliphatic imine (C=N–C) groups is 1. The summed E-state index contributed by atoms with van der Waals surface area (Å²) in [4.78, 5) is 6.82. The highest BCUT2D eigenvalue weighted by Gasteiger charge is 2.37. The van der Waals surface area contributed by atoms with Crippen molar-refractivity contribution in [1.29, 1.82) is 0 Å². The molecule has 0 aromatic rings. The first-order valence-corrected chi connectivity index (χ1v) is 7.88. The van der Waals surface area contributed by atoms with Crippen LogP contribution in [0.4, 0.5) is 0 Å². The molecule has 0 bridgehead atoms. The summed E-state index contributed by atoms with van der Waals surface area (Å²) in [6, 6.07) is 0. The maximum atomic E-state index is 10.2. The van der Waals surface area contributed by atoms with Crippen LogP contribution < -0.4 is 5.32 Å². The predicted molar refractivity (Wildman–Crippen MR) is 77.2 cm³/mol. The third-order valence-electron chi connectivity index (χ3n) is 5.35. The Morgan fingerprint density at radius 2 is 1.84 bits per heavy atom. The van der Waals surface area contributed by atoms with Gasteiger partial charge >= 0.3 is 0 Å². The lowest BCUT2D eigenvalue weighted by Crippen LogP contribution is -2.51. The van der Waals surface area contributed by atoms with E-state index in [-0.39, 0.29) is 0 Å². The van der Waals surface area contributed by atoms with Crippen LogP contribution in [-0.4, -0.2) is 48.2 Å². The van der Waals surface area contributed by atoms with Gasteiger partial charge in [-0.3, -0.25) is 4.99 Å². The molecule has 4 heteroatoms. The minimum Gasteiger partial charge on any atom is -0.388 e. The Kier molecular flexibility index (Phi) is 3.70. The fraction of sp³-hybridized carbons (Fsp3) is 0.933. The first-order chi connectivity index (χ1) is 9.20. The molecular formula is C15H27N3O. The molecule has 0 amide bonds. The van der Waals surface area contributed by atoms with E-state index >= 15 is 0 Å². The third-order valence-corrected chi connectivity index (χ3v) is 5.35. The van der Waals surface area contributed by atoms with Gasteiger partial charge in [-0.15, -0.1) is 0 Å². The Labute approximate surface area is 116 Å². The SMILES string of the molecule is CN=C(NCC1(O)CCC1)N1CC2CCCCC2C1. The van der Waals surface area contributed by atoms with E-state index in [1.807, 2.05) is 7.05 Å². The van der Waals surface area contributed by atoms with Crippen molar-refractivity contribution in [3.63, 3.8) is 0 Å². The monoisotopic (exact) mass is 265 g/mol. The third kappa shape index (κ3) is 2.73. The molecule has 1 saturated heterocycles. The summed E-state index contributed by atoms with van der Waals surface area (Å²) >= 11 is 0. The molecule has 2 N–H and O–H groups in total. The molecule has 3 rings (SSSR count). The van der Waals surface area contributed by atoms with Crippen LogP contribution in [-0.2, 0) is 0 Å². The van der Waals surface area contributed by atoms with E-state index in [9.17, 15) is 5.11 Å². The largest absolute Gasteiger partial charge is 0.388 e. The van der Waals surface area contributed by atoms with Crippen molar-refractivity contribution in [2.24, 2.45) is 16.8 Å². The maximum absolute atomic E-state index is 10.2.